The molecule has 0 spiro atoms. The Morgan fingerprint density at radius 2 is 1.73 bits per heavy atom. The zero-order valence-electron chi connectivity index (χ0n) is 19.2. The molecule has 3 aromatic rings. The molecule has 4 rings (SSSR count). The van der Waals surface area contributed by atoms with E-state index in [1.54, 1.807) is 24.3 Å². The number of anilines is 1. The summed E-state index contributed by atoms with van der Waals surface area (Å²) < 4.78 is 11.2. The second kappa shape index (κ2) is 10.7. The Bertz CT molecular complexity index is 1450. The first-order valence-corrected chi connectivity index (χ1v) is 11.4. The predicted octanol–water partition coefficient (Wildman–Crippen LogP) is 4.95. The number of carboxylic acid groups (broad SMARTS) is 1. The summed E-state index contributed by atoms with van der Waals surface area (Å²) in [6.45, 7) is 0.0756. The van der Waals surface area contributed by atoms with Gasteiger partial charge in [0.25, 0.3) is 11.8 Å². The van der Waals surface area contributed by atoms with E-state index in [1.807, 2.05) is 0 Å². The fraction of sp³-hybridized carbons (Fsp3) is 0.0769. The summed E-state index contributed by atoms with van der Waals surface area (Å²) >= 11 is 12.6. The van der Waals surface area contributed by atoms with Crippen LogP contribution < -0.4 is 19.7 Å². The summed E-state index contributed by atoms with van der Waals surface area (Å²) in [7, 11) is 1.40. The van der Waals surface area contributed by atoms with Gasteiger partial charge in [-0.05, 0) is 53.6 Å². The standard InChI is InChI=1S/C26H18Cl2N2O7/c1-36-21-12-15(11-19(28)22(21)37-13-14-6-8-16(9-7-14)25(33)34)10-17-23(31)29-26(35)30(24(17)32)20-5-3-2-4-18(20)27/h2-12H,13H2,1H3,(H,33,34)(H,29,31,35)/b17-10+. The normalized spacial score (nSPS) is 14.5. The summed E-state index contributed by atoms with van der Waals surface area (Å²) in [6, 6.07) is 14.4. The molecule has 1 aliphatic rings. The maximum Gasteiger partial charge on any atom is 0.335 e. The largest absolute Gasteiger partial charge is 0.493 e. The number of nitrogens with zero attached hydrogens (tertiary/aromatic N) is 1. The lowest BCUT2D eigenvalue weighted by atomic mass is 10.1. The third-order valence-corrected chi connectivity index (χ3v) is 5.94. The number of carboxylic acids is 1. The molecule has 0 aromatic heterocycles. The second-order valence-corrected chi connectivity index (χ2v) is 8.55. The number of hydrogen-bond donors (Lipinski definition) is 2. The SMILES string of the molecule is COc1cc(/C=C2\C(=O)NC(=O)N(c3ccccc3Cl)C2=O)cc(Cl)c1OCc1ccc(C(=O)O)cc1. The molecule has 188 valence electrons. The van der Waals surface area contributed by atoms with E-state index in [0.717, 1.165) is 4.90 Å². The maximum absolute atomic E-state index is 13.1. The Labute approximate surface area is 220 Å². The molecule has 4 amide bonds. The number of rotatable bonds is 7. The van der Waals surface area contributed by atoms with Crippen LogP contribution in [0.2, 0.25) is 10.0 Å². The molecular formula is C26H18Cl2N2O7. The van der Waals surface area contributed by atoms with E-state index in [9.17, 15) is 19.2 Å². The fourth-order valence-electron chi connectivity index (χ4n) is 3.54. The topological polar surface area (TPSA) is 122 Å². The molecule has 1 fully saturated rings. The third-order valence-electron chi connectivity index (χ3n) is 5.34. The highest BCUT2D eigenvalue weighted by Gasteiger charge is 2.37. The Morgan fingerprint density at radius 3 is 2.38 bits per heavy atom. The number of imide groups is 2. The minimum atomic E-state index is -1.04. The number of hydrogen-bond acceptors (Lipinski definition) is 6. The van der Waals surface area contributed by atoms with E-state index >= 15 is 0 Å². The highest BCUT2D eigenvalue weighted by Crippen LogP contribution is 2.38. The summed E-state index contributed by atoms with van der Waals surface area (Å²) in [5, 5.41) is 11.4. The van der Waals surface area contributed by atoms with Crippen molar-refractivity contribution >= 4 is 58.8 Å². The fourth-order valence-corrected chi connectivity index (χ4v) is 4.03. The van der Waals surface area contributed by atoms with Gasteiger partial charge >= 0.3 is 12.0 Å². The molecule has 0 radical (unpaired) electrons. The molecule has 9 nitrogen and oxygen atoms in total. The minimum absolute atomic E-state index is 0.0756. The lowest BCUT2D eigenvalue weighted by Gasteiger charge is -2.27. The van der Waals surface area contributed by atoms with Crippen LogP contribution in [0.3, 0.4) is 0 Å². The van der Waals surface area contributed by atoms with Gasteiger partial charge in [0.05, 0.1) is 28.4 Å². The molecular weight excluding hydrogens is 523 g/mol. The van der Waals surface area contributed by atoms with E-state index in [1.165, 1.54) is 49.6 Å². The number of aromatic carboxylic acids is 1. The van der Waals surface area contributed by atoms with Gasteiger partial charge in [0.15, 0.2) is 11.5 Å². The van der Waals surface area contributed by atoms with Crippen LogP contribution in [0.4, 0.5) is 10.5 Å². The monoisotopic (exact) mass is 540 g/mol. The minimum Gasteiger partial charge on any atom is -0.493 e. The molecule has 0 atom stereocenters. The Morgan fingerprint density at radius 1 is 1.03 bits per heavy atom. The lowest BCUT2D eigenvalue weighted by molar-refractivity contribution is -0.122. The van der Waals surface area contributed by atoms with Gasteiger partial charge in [-0.25, -0.2) is 14.5 Å². The van der Waals surface area contributed by atoms with Gasteiger partial charge in [-0.1, -0.05) is 47.5 Å². The molecule has 0 unspecified atom stereocenters. The molecule has 0 bridgehead atoms. The van der Waals surface area contributed by atoms with Crippen LogP contribution in [0.25, 0.3) is 6.08 Å². The first-order chi connectivity index (χ1) is 17.7. The van der Waals surface area contributed by atoms with Gasteiger partial charge in [-0.3, -0.25) is 14.9 Å². The number of benzene rings is 3. The summed E-state index contributed by atoms with van der Waals surface area (Å²) in [4.78, 5) is 49.8. The Balaban J connectivity index is 1.62. The van der Waals surface area contributed by atoms with E-state index in [-0.39, 0.29) is 45.0 Å². The molecule has 0 aliphatic carbocycles. The van der Waals surface area contributed by atoms with Gasteiger partial charge in [0, 0.05) is 0 Å². The van der Waals surface area contributed by atoms with Crippen LogP contribution in [0.15, 0.2) is 66.2 Å². The Hall–Kier alpha value is -4.34. The summed E-state index contributed by atoms with van der Waals surface area (Å²) in [6.07, 6.45) is 1.27. The number of ether oxygens (including phenoxy) is 2. The molecule has 1 aliphatic heterocycles. The smallest absolute Gasteiger partial charge is 0.335 e. The molecule has 3 aromatic carbocycles. The van der Waals surface area contributed by atoms with Gasteiger partial charge < -0.3 is 14.6 Å². The van der Waals surface area contributed by atoms with E-state index in [0.29, 0.717) is 11.1 Å². The third kappa shape index (κ3) is 5.42. The molecule has 1 saturated heterocycles. The van der Waals surface area contributed by atoms with Gasteiger partial charge in [-0.15, -0.1) is 0 Å². The van der Waals surface area contributed by atoms with Gasteiger partial charge in [-0.2, -0.15) is 0 Å². The number of amides is 4. The number of methoxy groups -OCH3 is 1. The van der Waals surface area contributed by atoms with Crippen molar-refractivity contribution in [3.63, 3.8) is 0 Å². The van der Waals surface area contributed by atoms with Crippen molar-refractivity contribution in [2.24, 2.45) is 0 Å². The zero-order chi connectivity index (χ0) is 26.7. The summed E-state index contributed by atoms with van der Waals surface area (Å²) in [5.74, 6) is -2.34. The number of barbiturate groups is 1. The van der Waals surface area contributed by atoms with Crippen molar-refractivity contribution in [2.45, 2.75) is 6.61 Å². The van der Waals surface area contributed by atoms with Crippen molar-refractivity contribution in [3.05, 3.63) is 93.0 Å². The molecule has 0 saturated carbocycles. The van der Waals surface area contributed by atoms with Crippen molar-refractivity contribution in [2.75, 3.05) is 12.0 Å². The van der Waals surface area contributed by atoms with Crippen molar-refractivity contribution < 1.29 is 33.8 Å². The quantitative estimate of drug-likeness (QED) is 0.321. The zero-order valence-corrected chi connectivity index (χ0v) is 20.7. The van der Waals surface area contributed by atoms with E-state index in [2.05, 4.69) is 5.32 Å². The Kier molecular flexibility index (Phi) is 7.47. The molecule has 1 heterocycles. The van der Waals surface area contributed by atoms with E-state index < -0.39 is 23.8 Å². The van der Waals surface area contributed by atoms with Crippen molar-refractivity contribution in [3.8, 4) is 11.5 Å². The average molecular weight is 541 g/mol. The van der Waals surface area contributed by atoms with Crippen molar-refractivity contribution in [1.82, 2.24) is 5.32 Å². The molecule has 11 heteroatoms. The first-order valence-electron chi connectivity index (χ1n) is 10.7. The number of nitrogens with one attached hydrogen (secondary N) is 1. The van der Waals surface area contributed by atoms with Crippen LogP contribution in [0.5, 0.6) is 11.5 Å². The molecule has 37 heavy (non-hydrogen) atoms. The van der Waals surface area contributed by atoms with Gasteiger partial charge in [0.2, 0.25) is 0 Å². The van der Waals surface area contributed by atoms with Crippen LogP contribution in [0, 0.1) is 0 Å². The number of para-hydroxylation sites is 1. The first kappa shape index (κ1) is 25.7. The highest BCUT2D eigenvalue weighted by atomic mass is 35.5. The average Bonchev–Trinajstić information content (AvgIpc) is 2.87. The lowest BCUT2D eigenvalue weighted by Crippen LogP contribution is -2.54. The maximum atomic E-state index is 13.1. The molecule has 2 N–H and O–H groups in total. The van der Waals surface area contributed by atoms with Crippen molar-refractivity contribution in [1.29, 1.82) is 0 Å². The number of urea groups is 1. The number of carbonyl (C=O) groups excluding carboxylic acids is 3. The number of carbonyl (C=O) groups is 4. The van der Waals surface area contributed by atoms with Crippen LogP contribution in [-0.2, 0) is 16.2 Å². The summed E-state index contributed by atoms with van der Waals surface area (Å²) in [5.41, 5.74) is 0.994. The predicted molar refractivity (Wildman–Crippen MR) is 136 cm³/mol. The van der Waals surface area contributed by atoms with Gasteiger partial charge in [0.1, 0.15) is 12.2 Å². The highest BCUT2D eigenvalue weighted by molar-refractivity contribution is 6.42. The van der Waals surface area contributed by atoms with Crippen LogP contribution in [-0.4, -0.2) is 36.0 Å². The second-order valence-electron chi connectivity index (χ2n) is 7.73. The van der Waals surface area contributed by atoms with Crippen LogP contribution in [0.1, 0.15) is 21.5 Å². The van der Waals surface area contributed by atoms with E-state index in [4.69, 9.17) is 37.8 Å². The van der Waals surface area contributed by atoms with Crippen LogP contribution >= 0.6 is 23.2 Å². The number of halogens is 2.